The summed E-state index contributed by atoms with van der Waals surface area (Å²) in [6.45, 7) is 1.40. The molecule has 7 heteroatoms. The SMILES string of the molecule is CC(=O)Nc1ccc(NC(=O)C(=O)Nc2cccnc2)cc1. The van der Waals surface area contributed by atoms with Gasteiger partial charge in [-0.2, -0.15) is 0 Å². The number of anilines is 3. The summed E-state index contributed by atoms with van der Waals surface area (Å²) in [7, 11) is 0. The van der Waals surface area contributed by atoms with Crippen molar-refractivity contribution in [2.75, 3.05) is 16.0 Å². The molecule has 0 unspecified atom stereocenters. The maximum Gasteiger partial charge on any atom is 0.314 e. The minimum absolute atomic E-state index is 0.187. The van der Waals surface area contributed by atoms with E-state index in [2.05, 4.69) is 20.9 Å². The van der Waals surface area contributed by atoms with Crippen molar-refractivity contribution in [3.63, 3.8) is 0 Å². The Morgan fingerprint density at radius 2 is 1.36 bits per heavy atom. The normalized spacial score (nSPS) is 9.68. The van der Waals surface area contributed by atoms with Gasteiger partial charge in [-0.05, 0) is 36.4 Å². The molecule has 0 saturated carbocycles. The van der Waals surface area contributed by atoms with Crippen molar-refractivity contribution in [2.45, 2.75) is 6.92 Å². The Morgan fingerprint density at radius 3 is 1.86 bits per heavy atom. The third-order valence-corrected chi connectivity index (χ3v) is 2.59. The largest absolute Gasteiger partial charge is 0.326 e. The number of hydrogen-bond acceptors (Lipinski definition) is 4. The van der Waals surface area contributed by atoms with E-state index in [4.69, 9.17) is 0 Å². The van der Waals surface area contributed by atoms with Crippen LogP contribution in [0.5, 0.6) is 0 Å². The summed E-state index contributed by atoms with van der Waals surface area (Å²) in [5.74, 6) is -1.78. The van der Waals surface area contributed by atoms with Crippen LogP contribution in [0, 0.1) is 0 Å². The second kappa shape index (κ2) is 6.98. The average Bonchev–Trinajstić information content (AvgIpc) is 2.49. The van der Waals surface area contributed by atoms with Crippen molar-refractivity contribution in [3.8, 4) is 0 Å². The minimum Gasteiger partial charge on any atom is -0.326 e. The molecule has 0 bridgehead atoms. The third-order valence-electron chi connectivity index (χ3n) is 2.59. The van der Waals surface area contributed by atoms with Crippen molar-refractivity contribution in [1.82, 2.24) is 4.98 Å². The molecule has 2 rings (SSSR count). The Kier molecular flexibility index (Phi) is 4.81. The van der Waals surface area contributed by atoms with Crippen LogP contribution in [0.2, 0.25) is 0 Å². The van der Waals surface area contributed by atoms with Crippen LogP contribution < -0.4 is 16.0 Å². The average molecular weight is 298 g/mol. The van der Waals surface area contributed by atoms with E-state index in [-0.39, 0.29) is 5.91 Å². The number of pyridine rings is 1. The van der Waals surface area contributed by atoms with E-state index in [1.807, 2.05) is 0 Å². The Balaban J connectivity index is 1.93. The number of aromatic nitrogens is 1. The van der Waals surface area contributed by atoms with Crippen molar-refractivity contribution in [1.29, 1.82) is 0 Å². The van der Waals surface area contributed by atoms with E-state index < -0.39 is 11.8 Å². The van der Waals surface area contributed by atoms with E-state index in [0.29, 0.717) is 17.1 Å². The zero-order valence-electron chi connectivity index (χ0n) is 11.8. The van der Waals surface area contributed by atoms with Gasteiger partial charge in [-0.15, -0.1) is 0 Å². The number of nitrogens with zero attached hydrogens (tertiary/aromatic N) is 1. The zero-order chi connectivity index (χ0) is 15.9. The minimum atomic E-state index is -0.795. The van der Waals surface area contributed by atoms with Gasteiger partial charge in [-0.25, -0.2) is 0 Å². The molecule has 1 aromatic carbocycles. The van der Waals surface area contributed by atoms with Crippen molar-refractivity contribution < 1.29 is 14.4 Å². The van der Waals surface area contributed by atoms with Crippen LogP contribution in [0.15, 0.2) is 48.8 Å². The topological polar surface area (TPSA) is 100 Å². The maximum atomic E-state index is 11.8. The highest BCUT2D eigenvalue weighted by Crippen LogP contribution is 2.13. The van der Waals surface area contributed by atoms with Crippen LogP contribution in [0.1, 0.15) is 6.92 Å². The Morgan fingerprint density at radius 1 is 0.818 bits per heavy atom. The van der Waals surface area contributed by atoms with Gasteiger partial charge >= 0.3 is 11.8 Å². The first kappa shape index (κ1) is 15.2. The summed E-state index contributed by atoms with van der Waals surface area (Å²) in [6, 6.07) is 9.68. The Bertz CT molecular complexity index is 684. The van der Waals surface area contributed by atoms with E-state index >= 15 is 0 Å². The van der Waals surface area contributed by atoms with Crippen molar-refractivity contribution >= 4 is 34.8 Å². The second-order valence-corrected chi connectivity index (χ2v) is 4.41. The Labute approximate surface area is 126 Å². The van der Waals surface area contributed by atoms with Gasteiger partial charge in [0.05, 0.1) is 11.9 Å². The fourth-order valence-electron chi connectivity index (χ4n) is 1.65. The lowest BCUT2D eigenvalue weighted by molar-refractivity contribution is -0.133. The van der Waals surface area contributed by atoms with Crippen LogP contribution in [0.3, 0.4) is 0 Å². The number of amides is 3. The molecule has 1 heterocycles. The van der Waals surface area contributed by atoms with E-state index in [0.717, 1.165) is 0 Å². The number of nitrogens with one attached hydrogen (secondary N) is 3. The summed E-state index contributed by atoms with van der Waals surface area (Å²) in [5, 5.41) is 7.49. The van der Waals surface area contributed by atoms with Gasteiger partial charge in [0.15, 0.2) is 0 Å². The van der Waals surface area contributed by atoms with Gasteiger partial charge in [0.2, 0.25) is 5.91 Å². The van der Waals surface area contributed by atoms with Gasteiger partial charge < -0.3 is 16.0 Å². The predicted molar refractivity (Wildman–Crippen MR) is 82.2 cm³/mol. The molecule has 3 N–H and O–H groups in total. The first-order valence-electron chi connectivity index (χ1n) is 6.44. The number of carbonyl (C=O) groups excluding carboxylic acids is 3. The van der Waals surface area contributed by atoms with Gasteiger partial charge in [0, 0.05) is 24.5 Å². The summed E-state index contributed by atoms with van der Waals surface area (Å²) in [4.78, 5) is 38.2. The third kappa shape index (κ3) is 4.41. The van der Waals surface area contributed by atoms with Gasteiger partial charge in [0.1, 0.15) is 0 Å². The second-order valence-electron chi connectivity index (χ2n) is 4.41. The molecule has 22 heavy (non-hydrogen) atoms. The number of rotatable bonds is 3. The molecule has 0 aliphatic carbocycles. The lowest BCUT2D eigenvalue weighted by Gasteiger charge is -2.07. The van der Waals surface area contributed by atoms with Gasteiger partial charge in [-0.3, -0.25) is 19.4 Å². The molecule has 0 saturated heterocycles. The highest BCUT2D eigenvalue weighted by atomic mass is 16.2. The molecule has 1 aromatic heterocycles. The molecular weight excluding hydrogens is 284 g/mol. The maximum absolute atomic E-state index is 11.8. The molecule has 3 amide bonds. The highest BCUT2D eigenvalue weighted by molar-refractivity contribution is 6.43. The smallest absolute Gasteiger partial charge is 0.314 e. The van der Waals surface area contributed by atoms with Crippen LogP contribution in [-0.4, -0.2) is 22.7 Å². The molecule has 112 valence electrons. The van der Waals surface area contributed by atoms with Crippen LogP contribution >= 0.6 is 0 Å². The molecular formula is C15H14N4O3. The fraction of sp³-hybridized carbons (Fsp3) is 0.0667. The van der Waals surface area contributed by atoms with Crippen LogP contribution in [-0.2, 0) is 14.4 Å². The van der Waals surface area contributed by atoms with Crippen LogP contribution in [0.4, 0.5) is 17.1 Å². The predicted octanol–water partition coefficient (Wildman–Crippen LogP) is 1.62. The summed E-state index contributed by atoms with van der Waals surface area (Å²) >= 11 is 0. The zero-order valence-corrected chi connectivity index (χ0v) is 11.8. The molecule has 0 atom stereocenters. The van der Waals surface area contributed by atoms with E-state index in [1.54, 1.807) is 42.6 Å². The first-order valence-corrected chi connectivity index (χ1v) is 6.44. The Hall–Kier alpha value is -3.22. The molecule has 0 aliphatic rings. The summed E-state index contributed by atoms with van der Waals surface area (Å²) in [6.07, 6.45) is 3.00. The van der Waals surface area contributed by atoms with E-state index in [1.165, 1.54) is 13.1 Å². The van der Waals surface area contributed by atoms with Gasteiger partial charge in [-0.1, -0.05) is 0 Å². The lowest BCUT2D eigenvalue weighted by atomic mass is 10.2. The number of carbonyl (C=O) groups is 3. The van der Waals surface area contributed by atoms with Crippen LogP contribution in [0.25, 0.3) is 0 Å². The summed E-state index contributed by atoms with van der Waals surface area (Å²) < 4.78 is 0. The lowest BCUT2D eigenvalue weighted by Crippen LogP contribution is -2.29. The van der Waals surface area contributed by atoms with Gasteiger partial charge in [0.25, 0.3) is 0 Å². The highest BCUT2D eigenvalue weighted by Gasteiger charge is 2.13. The molecule has 0 spiro atoms. The monoisotopic (exact) mass is 298 g/mol. The first-order chi connectivity index (χ1) is 10.5. The molecule has 0 fully saturated rings. The summed E-state index contributed by atoms with van der Waals surface area (Å²) in [5.41, 5.74) is 1.48. The standard InChI is InChI=1S/C15H14N4O3/c1-10(20)17-11-4-6-12(7-5-11)18-14(21)15(22)19-13-3-2-8-16-9-13/h2-9H,1H3,(H,17,20)(H,18,21)(H,19,22). The fourth-order valence-corrected chi connectivity index (χ4v) is 1.65. The van der Waals surface area contributed by atoms with Crippen molar-refractivity contribution in [3.05, 3.63) is 48.8 Å². The molecule has 0 aliphatic heterocycles. The van der Waals surface area contributed by atoms with Crippen molar-refractivity contribution in [2.24, 2.45) is 0 Å². The molecule has 2 aromatic rings. The molecule has 0 radical (unpaired) electrons. The quantitative estimate of drug-likeness (QED) is 0.749. The number of hydrogen-bond donors (Lipinski definition) is 3. The number of benzene rings is 1. The van der Waals surface area contributed by atoms with E-state index in [9.17, 15) is 14.4 Å². The molecule has 7 nitrogen and oxygen atoms in total.